The van der Waals surface area contributed by atoms with Crippen LogP contribution in [0.25, 0.3) is 0 Å². The molecule has 0 N–H and O–H groups in total. The lowest BCUT2D eigenvalue weighted by molar-refractivity contribution is -0.0439. The van der Waals surface area contributed by atoms with Gasteiger partial charge in [0.1, 0.15) is 0 Å². The van der Waals surface area contributed by atoms with Gasteiger partial charge in [0.25, 0.3) is 0 Å². The van der Waals surface area contributed by atoms with Gasteiger partial charge in [0.15, 0.2) is 0 Å². The van der Waals surface area contributed by atoms with Crippen LogP contribution in [0, 0.1) is 16.7 Å². The number of fused-ring (bicyclic) bond motifs is 2. The van der Waals surface area contributed by atoms with Crippen LogP contribution >= 0.6 is 11.3 Å². The molecule has 0 saturated heterocycles. The molecule has 2 saturated carbocycles. The molecule has 0 amide bonds. The minimum atomic E-state index is -0.544. The Morgan fingerprint density at radius 2 is 2.29 bits per heavy atom. The minimum absolute atomic E-state index is 0.0505. The van der Waals surface area contributed by atoms with Crippen LogP contribution in [0.5, 0.6) is 0 Å². The molecule has 116 valence electrons. The normalized spacial score (nSPS) is 33.5. The van der Waals surface area contributed by atoms with Crippen LogP contribution in [0.4, 0.5) is 0 Å². The number of aromatic nitrogens is 1. The van der Waals surface area contributed by atoms with E-state index in [4.69, 9.17) is 4.74 Å². The average molecular weight is 309 g/mol. The molecule has 0 aromatic carbocycles. The summed E-state index contributed by atoms with van der Waals surface area (Å²) in [7, 11) is 0. The second kappa shape index (κ2) is 5.06. The maximum absolute atomic E-state index is 13.2. The number of carbonyl (C=O) groups excluding carboxylic acids is 1. The Labute approximate surface area is 129 Å². The molecule has 3 rings (SSSR count). The van der Waals surface area contributed by atoms with Crippen molar-refractivity contribution in [3.63, 3.8) is 0 Å². The molecule has 2 aliphatic rings. The van der Waals surface area contributed by atoms with E-state index in [1.165, 1.54) is 4.57 Å². The highest BCUT2D eigenvalue weighted by Crippen LogP contribution is 2.67. The largest absolute Gasteiger partial charge is 0.377 e. The molecular weight excluding hydrogens is 286 g/mol. The van der Waals surface area contributed by atoms with Crippen molar-refractivity contribution in [2.24, 2.45) is 16.7 Å². The van der Waals surface area contributed by atoms with E-state index in [-0.39, 0.29) is 22.3 Å². The zero-order valence-electron chi connectivity index (χ0n) is 12.9. The van der Waals surface area contributed by atoms with E-state index >= 15 is 0 Å². The first-order valence-electron chi connectivity index (χ1n) is 7.77. The first-order valence-corrected chi connectivity index (χ1v) is 8.65. The van der Waals surface area contributed by atoms with Crippen LogP contribution < -0.4 is 4.87 Å². The van der Waals surface area contributed by atoms with Crippen molar-refractivity contribution in [2.45, 2.75) is 52.6 Å². The Balaban J connectivity index is 2.03. The third-order valence-electron chi connectivity index (χ3n) is 5.80. The minimum Gasteiger partial charge on any atom is -0.377 e. The number of hydrogen-bond donors (Lipinski definition) is 0. The first kappa shape index (κ1) is 15.0. The SMILES string of the molecule is CCCO[C@@H]1C[C@H]2CC[C@]1(C(=O)n1ccsc1=O)C2(C)C. The molecule has 0 spiro atoms. The molecule has 21 heavy (non-hydrogen) atoms. The molecule has 0 unspecified atom stereocenters. The zero-order chi connectivity index (χ0) is 15.3. The Morgan fingerprint density at radius 1 is 1.52 bits per heavy atom. The number of hydrogen-bond acceptors (Lipinski definition) is 4. The third-order valence-corrected chi connectivity index (χ3v) is 6.46. The van der Waals surface area contributed by atoms with E-state index < -0.39 is 5.41 Å². The van der Waals surface area contributed by atoms with Gasteiger partial charge < -0.3 is 4.74 Å². The highest BCUT2D eigenvalue weighted by molar-refractivity contribution is 7.07. The van der Waals surface area contributed by atoms with Crippen molar-refractivity contribution >= 4 is 17.2 Å². The summed E-state index contributed by atoms with van der Waals surface area (Å²) in [5.74, 6) is 0.456. The molecule has 2 aliphatic carbocycles. The second-order valence-corrected chi connectivity index (χ2v) is 7.72. The third kappa shape index (κ3) is 1.90. The van der Waals surface area contributed by atoms with Crippen molar-refractivity contribution in [3.8, 4) is 0 Å². The highest BCUT2D eigenvalue weighted by atomic mass is 32.1. The van der Waals surface area contributed by atoms with Crippen molar-refractivity contribution in [1.82, 2.24) is 4.57 Å². The molecule has 2 bridgehead atoms. The number of rotatable bonds is 4. The van der Waals surface area contributed by atoms with Crippen LogP contribution in [0.1, 0.15) is 51.2 Å². The van der Waals surface area contributed by atoms with Gasteiger partial charge >= 0.3 is 4.87 Å². The lowest BCUT2D eigenvalue weighted by Gasteiger charge is -2.40. The smallest absolute Gasteiger partial charge is 0.313 e. The van der Waals surface area contributed by atoms with Gasteiger partial charge in [-0.1, -0.05) is 32.1 Å². The van der Waals surface area contributed by atoms with Gasteiger partial charge in [0.05, 0.1) is 11.5 Å². The summed E-state index contributed by atoms with van der Waals surface area (Å²) in [4.78, 5) is 24.9. The van der Waals surface area contributed by atoms with Crippen LogP contribution in [-0.2, 0) is 4.74 Å². The van der Waals surface area contributed by atoms with Crippen molar-refractivity contribution in [2.75, 3.05) is 6.61 Å². The number of ether oxygens (including phenoxy) is 1. The molecule has 3 atom stereocenters. The van der Waals surface area contributed by atoms with Crippen molar-refractivity contribution < 1.29 is 9.53 Å². The van der Waals surface area contributed by atoms with Crippen LogP contribution in [-0.4, -0.2) is 23.2 Å². The second-order valence-electron chi connectivity index (χ2n) is 6.87. The highest BCUT2D eigenvalue weighted by Gasteiger charge is 2.68. The Hall–Kier alpha value is -0.940. The van der Waals surface area contributed by atoms with Crippen molar-refractivity contribution in [1.29, 1.82) is 0 Å². The van der Waals surface area contributed by atoms with Crippen LogP contribution in [0.2, 0.25) is 0 Å². The van der Waals surface area contributed by atoms with E-state index in [2.05, 4.69) is 20.8 Å². The Morgan fingerprint density at radius 3 is 2.86 bits per heavy atom. The van der Waals surface area contributed by atoms with E-state index in [1.54, 1.807) is 11.6 Å². The Kier molecular flexibility index (Phi) is 3.61. The predicted octanol–water partition coefficient (Wildman–Crippen LogP) is 3.17. The average Bonchev–Trinajstić information content (AvgIpc) is 3.05. The number of carbonyl (C=O) groups is 1. The summed E-state index contributed by atoms with van der Waals surface area (Å²) >= 11 is 1.08. The predicted molar refractivity (Wildman–Crippen MR) is 82.8 cm³/mol. The summed E-state index contributed by atoms with van der Waals surface area (Å²) in [5.41, 5.74) is -0.651. The molecule has 2 fully saturated rings. The van der Waals surface area contributed by atoms with E-state index in [9.17, 15) is 9.59 Å². The summed E-state index contributed by atoms with van der Waals surface area (Å²) in [6.07, 6.45) is 5.35. The zero-order valence-corrected chi connectivity index (χ0v) is 13.7. The van der Waals surface area contributed by atoms with Crippen LogP contribution in [0.3, 0.4) is 0 Å². The van der Waals surface area contributed by atoms with Gasteiger partial charge in [-0.3, -0.25) is 9.59 Å². The number of nitrogens with zero attached hydrogens (tertiary/aromatic N) is 1. The summed E-state index contributed by atoms with van der Waals surface area (Å²) in [6, 6.07) is 0. The van der Waals surface area contributed by atoms with Gasteiger partial charge in [-0.25, -0.2) is 4.57 Å². The fourth-order valence-corrected chi connectivity index (χ4v) is 5.08. The van der Waals surface area contributed by atoms with E-state index in [0.717, 1.165) is 37.0 Å². The maximum Gasteiger partial charge on any atom is 0.313 e. The molecule has 0 aliphatic heterocycles. The maximum atomic E-state index is 13.2. The van der Waals surface area contributed by atoms with Gasteiger partial charge in [0, 0.05) is 18.2 Å². The van der Waals surface area contributed by atoms with Gasteiger partial charge in [-0.15, -0.1) is 0 Å². The Bertz CT molecular complexity index is 603. The fraction of sp³-hybridized carbons (Fsp3) is 0.750. The van der Waals surface area contributed by atoms with E-state index in [0.29, 0.717) is 12.5 Å². The van der Waals surface area contributed by atoms with Gasteiger partial charge in [0.2, 0.25) is 5.91 Å². The summed E-state index contributed by atoms with van der Waals surface area (Å²) < 4.78 is 7.36. The van der Waals surface area contributed by atoms with Crippen molar-refractivity contribution in [3.05, 3.63) is 21.2 Å². The van der Waals surface area contributed by atoms with E-state index in [1.807, 2.05) is 0 Å². The number of thiazole rings is 1. The standard InChI is InChI=1S/C16H23NO3S/c1-4-8-20-12-10-11-5-6-16(12,15(11,2)3)13(18)17-7-9-21-14(17)19/h7,9,11-12H,4-6,8,10H2,1-3H3/t11-,12-,16+/m1/s1. The molecule has 0 radical (unpaired) electrons. The van der Waals surface area contributed by atoms with Crippen LogP contribution in [0.15, 0.2) is 16.4 Å². The lowest BCUT2D eigenvalue weighted by Crippen LogP contribution is -2.50. The molecule has 1 heterocycles. The van der Waals surface area contributed by atoms with Gasteiger partial charge in [-0.2, -0.15) is 0 Å². The quantitative estimate of drug-likeness (QED) is 0.858. The molecule has 1 aromatic heterocycles. The molecule has 5 heteroatoms. The molecular formula is C16H23NO3S. The molecule has 4 nitrogen and oxygen atoms in total. The summed E-state index contributed by atoms with van der Waals surface area (Å²) in [5, 5.41) is 1.69. The fourth-order valence-electron chi connectivity index (χ4n) is 4.52. The van der Waals surface area contributed by atoms with Gasteiger partial charge in [-0.05, 0) is 37.0 Å². The lowest BCUT2D eigenvalue weighted by atomic mass is 9.67. The molecule has 1 aromatic rings. The summed E-state index contributed by atoms with van der Waals surface area (Å²) in [6.45, 7) is 7.11. The topological polar surface area (TPSA) is 48.3 Å². The monoisotopic (exact) mass is 309 g/mol. The first-order chi connectivity index (χ1) is 9.95.